The zero-order valence-corrected chi connectivity index (χ0v) is 13.0. The van der Waals surface area contributed by atoms with Crippen LogP contribution in [0.3, 0.4) is 0 Å². The van der Waals surface area contributed by atoms with Crippen molar-refractivity contribution in [2.24, 2.45) is 0 Å². The smallest absolute Gasteiger partial charge is 0.337 e. The number of methoxy groups -OCH3 is 1. The summed E-state index contributed by atoms with van der Waals surface area (Å²) in [5, 5.41) is 0. The standard InChI is InChI=1S/C14H20FNO3S/c1-14(2,3)20(18)16-8-7-10-5-6-11(9-12(10)15)13(17)19-4/h5-6,9,16H,7-8H2,1-4H3/t20-/m1/s1. The molecule has 0 aliphatic heterocycles. The van der Waals surface area contributed by atoms with Gasteiger partial charge in [-0.15, -0.1) is 4.72 Å². The monoisotopic (exact) mass is 301 g/mol. The van der Waals surface area contributed by atoms with E-state index in [4.69, 9.17) is 0 Å². The fourth-order valence-corrected chi connectivity index (χ4v) is 2.21. The molecular formula is C14H20FNO3S. The van der Waals surface area contributed by atoms with Gasteiger partial charge >= 0.3 is 5.97 Å². The Balaban J connectivity index is 2.59. The second kappa shape index (κ2) is 7.06. The van der Waals surface area contributed by atoms with Crippen molar-refractivity contribution in [2.45, 2.75) is 31.9 Å². The van der Waals surface area contributed by atoms with E-state index in [-0.39, 0.29) is 10.3 Å². The van der Waals surface area contributed by atoms with E-state index in [1.807, 2.05) is 20.8 Å². The van der Waals surface area contributed by atoms with Crippen molar-refractivity contribution < 1.29 is 18.5 Å². The number of carbonyl (C=O) groups is 1. The van der Waals surface area contributed by atoms with Crippen molar-refractivity contribution in [3.05, 3.63) is 35.1 Å². The highest BCUT2D eigenvalue weighted by Gasteiger charge is 2.25. The Morgan fingerprint density at radius 3 is 2.60 bits per heavy atom. The van der Waals surface area contributed by atoms with Crippen LogP contribution in [-0.2, 0) is 22.5 Å². The highest BCUT2D eigenvalue weighted by atomic mass is 32.2. The predicted octanol–water partition coefficient (Wildman–Crippen LogP) is 2.21. The summed E-state index contributed by atoms with van der Waals surface area (Å²) in [6.45, 7) is 5.99. The van der Waals surface area contributed by atoms with Gasteiger partial charge in [0.05, 0.1) is 12.7 Å². The third-order valence-electron chi connectivity index (χ3n) is 2.66. The second-order valence-electron chi connectivity index (χ2n) is 5.32. The maximum atomic E-state index is 13.8. The molecule has 0 saturated carbocycles. The first-order chi connectivity index (χ1) is 9.25. The number of hydrogen-bond acceptors (Lipinski definition) is 4. The number of benzene rings is 1. The lowest BCUT2D eigenvalue weighted by molar-refractivity contribution is 0.0600. The average molecular weight is 301 g/mol. The molecule has 0 heterocycles. The summed E-state index contributed by atoms with van der Waals surface area (Å²) in [6.07, 6.45) is 0.398. The number of esters is 1. The molecule has 0 aromatic heterocycles. The molecular weight excluding hydrogens is 281 g/mol. The van der Waals surface area contributed by atoms with Crippen LogP contribution in [0, 0.1) is 5.82 Å². The van der Waals surface area contributed by atoms with Gasteiger partial charge in [0, 0.05) is 17.9 Å². The van der Waals surface area contributed by atoms with Gasteiger partial charge in [-0.3, -0.25) is 0 Å². The second-order valence-corrected chi connectivity index (χ2v) is 7.37. The molecule has 20 heavy (non-hydrogen) atoms. The molecule has 6 heteroatoms. The van der Waals surface area contributed by atoms with Gasteiger partial charge < -0.3 is 9.29 Å². The molecule has 1 aromatic carbocycles. The van der Waals surface area contributed by atoms with E-state index in [0.717, 1.165) is 6.07 Å². The number of halogens is 1. The molecule has 0 radical (unpaired) electrons. The van der Waals surface area contributed by atoms with Gasteiger partial charge in [0.25, 0.3) is 0 Å². The Labute approximate surface area is 122 Å². The van der Waals surface area contributed by atoms with Crippen LogP contribution < -0.4 is 4.72 Å². The van der Waals surface area contributed by atoms with Crippen LogP contribution in [0.4, 0.5) is 4.39 Å². The predicted molar refractivity (Wildman–Crippen MR) is 77.3 cm³/mol. The molecule has 1 aromatic rings. The third kappa shape index (κ3) is 4.77. The van der Waals surface area contributed by atoms with E-state index in [9.17, 15) is 13.7 Å². The summed E-state index contributed by atoms with van der Waals surface area (Å²) in [5.74, 6) is -1.03. The first-order valence-corrected chi connectivity index (χ1v) is 7.43. The molecule has 0 spiro atoms. The minimum atomic E-state index is -1.18. The van der Waals surface area contributed by atoms with Gasteiger partial charge in [-0.2, -0.15) is 0 Å². The van der Waals surface area contributed by atoms with E-state index in [1.54, 1.807) is 6.07 Å². The lowest BCUT2D eigenvalue weighted by atomic mass is 10.1. The molecule has 0 bridgehead atoms. The summed E-state index contributed by atoms with van der Waals surface area (Å²) >= 11 is -1.18. The van der Waals surface area contributed by atoms with Crippen molar-refractivity contribution in [2.75, 3.05) is 13.7 Å². The van der Waals surface area contributed by atoms with Crippen LogP contribution in [0.15, 0.2) is 18.2 Å². The number of nitrogens with one attached hydrogen (secondary N) is 1. The Bertz CT molecular complexity index is 474. The molecule has 1 rings (SSSR count). The van der Waals surface area contributed by atoms with Gasteiger partial charge in [0.1, 0.15) is 10.6 Å². The number of hydrogen-bond donors (Lipinski definition) is 1. The number of ether oxygens (including phenoxy) is 1. The summed E-state index contributed by atoms with van der Waals surface area (Å²) in [5.41, 5.74) is 0.649. The Hall–Kier alpha value is -1.11. The first kappa shape index (κ1) is 16.9. The largest absolute Gasteiger partial charge is 0.598 e. The summed E-state index contributed by atoms with van der Waals surface area (Å²) in [4.78, 5) is 11.2. The zero-order valence-electron chi connectivity index (χ0n) is 12.2. The summed E-state index contributed by atoms with van der Waals surface area (Å²) in [6, 6.07) is 4.22. The van der Waals surface area contributed by atoms with Crippen LogP contribution >= 0.6 is 0 Å². The Morgan fingerprint density at radius 2 is 2.10 bits per heavy atom. The highest BCUT2D eigenvalue weighted by Crippen LogP contribution is 2.14. The van der Waals surface area contributed by atoms with E-state index in [0.29, 0.717) is 18.5 Å². The van der Waals surface area contributed by atoms with Gasteiger partial charge in [0.15, 0.2) is 0 Å². The molecule has 1 N–H and O–H groups in total. The zero-order chi connectivity index (χ0) is 15.3. The highest BCUT2D eigenvalue weighted by molar-refractivity contribution is 7.90. The number of carbonyl (C=O) groups excluding carboxylic acids is 1. The van der Waals surface area contributed by atoms with Gasteiger partial charge in [-0.1, -0.05) is 6.07 Å². The normalized spacial score (nSPS) is 13.1. The maximum Gasteiger partial charge on any atom is 0.337 e. The van der Waals surface area contributed by atoms with Gasteiger partial charge in [-0.05, 0) is 44.9 Å². The average Bonchev–Trinajstić information content (AvgIpc) is 2.38. The lowest BCUT2D eigenvalue weighted by Crippen LogP contribution is -2.40. The summed E-state index contributed by atoms with van der Waals surface area (Å²) in [7, 11) is 1.25. The van der Waals surface area contributed by atoms with Crippen LogP contribution in [0.2, 0.25) is 0 Å². The minimum Gasteiger partial charge on any atom is -0.598 e. The van der Waals surface area contributed by atoms with Crippen molar-refractivity contribution in [3.8, 4) is 0 Å². The van der Waals surface area contributed by atoms with E-state index in [2.05, 4.69) is 9.46 Å². The van der Waals surface area contributed by atoms with Crippen LogP contribution in [0.1, 0.15) is 36.7 Å². The molecule has 1 atom stereocenters. The van der Waals surface area contributed by atoms with Crippen molar-refractivity contribution >= 4 is 17.3 Å². The SMILES string of the molecule is COC(=O)c1ccc(CCN[S@+]([O-])C(C)(C)C)c(F)c1. The molecule has 0 saturated heterocycles. The van der Waals surface area contributed by atoms with Crippen molar-refractivity contribution in [1.82, 2.24) is 4.72 Å². The number of rotatable bonds is 5. The minimum absolute atomic E-state index is 0.181. The Kier molecular flexibility index (Phi) is 5.98. The fourth-order valence-electron chi connectivity index (χ4n) is 1.49. The first-order valence-electron chi connectivity index (χ1n) is 6.28. The topological polar surface area (TPSA) is 61.4 Å². The molecule has 112 valence electrons. The van der Waals surface area contributed by atoms with Crippen LogP contribution in [-0.4, -0.2) is 28.9 Å². The molecule has 0 fully saturated rings. The van der Waals surface area contributed by atoms with Crippen molar-refractivity contribution in [3.63, 3.8) is 0 Å². The lowest BCUT2D eigenvalue weighted by Gasteiger charge is -2.23. The Morgan fingerprint density at radius 1 is 1.45 bits per heavy atom. The third-order valence-corrected chi connectivity index (χ3v) is 4.24. The van der Waals surface area contributed by atoms with E-state index >= 15 is 0 Å². The van der Waals surface area contributed by atoms with Gasteiger partial charge in [0.2, 0.25) is 0 Å². The fraction of sp³-hybridized carbons (Fsp3) is 0.500. The van der Waals surface area contributed by atoms with Crippen LogP contribution in [0.5, 0.6) is 0 Å². The molecule has 0 aliphatic rings. The quantitative estimate of drug-likeness (QED) is 0.669. The summed E-state index contributed by atoms with van der Waals surface area (Å²) < 4.78 is 32.6. The van der Waals surface area contributed by atoms with E-state index < -0.39 is 23.1 Å². The maximum absolute atomic E-state index is 13.8. The van der Waals surface area contributed by atoms with Crippen LogP contribution in [0.25, 0.3) is 0 Å². The molecule has 0 aliphatic carbocycles. The van der Waals surface area contributed by atoms with E-state index in [1.165, 1.54) is 13.2 Å². The molecule has 0 amide bonds. The molecule has 4 nitrogen and oxygen atoms in total. The van der Waals surface area contributed by atoms with Crippen molar-refractivity contribution in [1.29, 1.82) is 0 Å². The molecule has 0 unspecified atom stereocenters. The van der Waals surface area contributed by atoms with Gasteiger partial charge in [-0.25, -0.2) is 9.18 Å².